The Labute approximate surface area is 150 Å². The third-order valence-corrected chi connectivity index (χ3v) is 3.94. The van der Waals surface area contributed by atoms with Gasteiger partial charge >= 0.3 is 5.97 Å². The normalized spacial score (nSPS) is 10.2. The molecule has 0 aliphatic carbocycles. The number of anilines is 1. The van der Waals surface area contributed by atoms with Crippen molar-refractivity contribution in [3.05, 3.63) is 64.2 Å². The molecule has 2 aromatic rings. The maximum Gasteiger partial charge on any atom is 0.337 e. The van der Waals surface area contributed by atoms with Crippen LogP contribution in [0.25, 0.3) is 0 Å². The number of rotatable bonds is 6. The number of nitrogens with one attached hydrogen (secondary N) is 1. The van der Waals surface area contributed by atoms with Crippen molar-refractivity contribution in [1.29, 1.82) is 0 Å². The van der Waals surface area contributed by atoms with Crippen LogP contribution in [0, 0.1) is 6.92 Å². The first-order chi connectivity index (χ1) is 11.9. The van der Waals surface area contributed by atoms with E-state index in [-0.39, 0.29) is 30.1 Å². The van der Waals surface area contributed by atoms with Crippen LogP contribution >= 0.6 is 11.6 Å². The van der Waals surface area contributed by atoms with Gasteiger partial charge in [0.15, 0.2) is 5.78 Å². The summed E-state index contributed by atoms with van der Waals surface area (Å²) >= 11 is 6.03. The summed E-state index contributed by atoms with van der Waals surface area (Å²) in [6, 6.07) is 11.6. The molecule has 0 fully saturated rings. The second-order valence-electron chi connectivity index (χ2n) is 5.52. The summed E-state index contributed by atoms with van der Waals surface area (Å²) in [5, 5.41) is 2.91. The molecule has 0 aromatic heterocycles. The van der Waals surface area contributed by atoms with Gasteiger partial charge in [-0.05, 0) is 25.1 Å². The third kappa shape index (κ3) is 5.16. The van der Waals surface area contributed by atoms with E-state index in [4.69, 9.17) is 11.6 Å². The molecule has 0 aliphatic rings. The van der Waals surface area contributed by atoms with Crippen LogP contribution in [0.4, 0.5) is 5.69 Å². The number of ether oxygens (including phenoxy) is 1. The van der Waals surface area contributed by atoms with Crippen molar-refractivity contribution in [3.63, 3.8) is 0 Å². The number of esters is 1. The molecule has 0 heterocycles. The molecule has 0 spiro atoms. The van der Waals surface area contributed by atoms with Gasteiger partial charge in [0.05, 0.1) is 23.4 Å². The number of Topliss-reactive ketones (excluding diaryl/α,β-unsaturated/α-hetero) is 1. The fraction of sp³-hybridized carbons (Fsp3) is 0.211. The minimum atomic E-state index is -0.526. The minimum Gasteiger partial charge on any atom is -0.465 e. The van der Waals surface area contributed by atoms with Gasteiger partial charge in [-0.3, -0.25) is 9.59 Å². The van der Waals surface area contributed by atoms with E-state index in [9.17, 15) is 14.4 Å². The predicted octanol–water partition coefficient (Wildman–Crippen LogP) is 4.04. The van der Waals surface area contributed by atoms with Crippen molar-refractivity contribution in [1.82, 2.24) is 0 Å². The van der Waals surface area contributed by atoms with Gasteiger partial charge < -0.3 is 10.1 Å². The number of ketones is 1. The molecule has 0 radical (unpaired) electrons. The van der Waals surface area contributed by atoms with Gasteiger partial charge in [-0.1, -0.05) is 41.4 Å². The topological polar surface area (TPSA) is 72.5 Å². The highest BCUT2D eigenvalue weighted by Crippen LogP contribution is 2.24. The average molecular weight is 360 g/mol. The lowest BCUT2D eigenvalue weighted by atomic mass is 10.0. The number of methoxy groups -OCH3 is 1. The molecule has 2 aromatic carbocycles. The van der Waals surface area contributed by atoms with Crippen molar-refractivity contribution < 1.29 is 19.1 Å². The van der Waals surface area contributed by atoms with E-state index in [1.54, 1.807) is 12.1 Å². The Balaban J connectivity index is 1.97. The zero-order chi connectivity index (χ0) is 18.4. The molecule has 0 saturated heterocycles. The molecule has 0 atom stereocenters. The molecule has 0 aliphatic heterocycles. The van der Waals surface area contributed by atoms with Gasteiger partial charge in [-0.25, -0.2) is 4.79 Å². The van der Waals surface area contributed by atoms with E-state index >= 15 is 0 Å². The van der Waals surface area contributed by atoms with Gasteiger partial charge in [0.1, 0.15) is 0 Å². The number of carbonyl (C=O) groups excluding carboxylic acids is 3. The van der Waals surface area contributed by atoms with Gasteiger partial charge in [0.2, 0.25) is 5.91 Å². The molecule has 2 rings (SSSR count). The SMILES string of the molecule is COC(=O)c1ccc(Cl)c(NC(=O)CCC(=O)c2ccc(C)cc2)c1. The molecular formula is C19H18ClNO4. The van der Waals surface area contributed by atoms with Crippen molar-refractivity contribution in [2.24, 2.45) is 0 Å². The Morgan fingerprint density at radius 2 is 1.64 bits per heavy atom. The summed E-state index contributed by atoms with van der Waals surface area (Å²) in [6.07, 6.45) is 0.106. The molecule has 1 N–H and O–H groups in total. The van der Waals surface area contributed by atoms with Crippen LogP contribution in [0.5, 0.6) is 0 Å². The van der Waals surface area contributed by atoms with Crippen molar-refractivity contribution >= 4 is 34.9 Å². The molecule has 1 amide bonds. The Morgan fingerprint density at radius 3 is 2.28 bits per heavy atom. The number of benzene rings is 2. The Morgan fingerprint density at radius 1 is 1.00 bits per heavy atom. The number of hydrogen-bond donors (Lipinski definition) is 1. The quantitative estimate of drug-likeness (QED) is 0.624. The van der Waals surface area contributed by atoms with Crippen molar-refractivity contribution in [2.75, 3.05) is 12.4 Å². The van der Waals surface area contributed by atoms with Crippen LogP contribution in [-0.2, 0) is 9.53 Å². The van der Waals surface area contributed by atoms with Gasteiger partial charge in [0, 0.05) is 18.4 Å². The molecule has 130 valence electrons. The molecule has 6 heteroatoms. The smallest absolute Gasteiger partial charge is 0.337 e. The number of aryl methyl sites for hydroxylation is 1. The van der Waals surface area contributed by atoms with Crippen LogP contribution in [0.2, 0.25) is 5.02 Å². The average Bonchev–Trinajstić information content (AvgIpc) is 2.61. The molecule has 5 nitrogen and oxygen atoms in total. The Bertz CT molecular complexity index is 800. The highest BCUT2D eigenvalue weighted by molar-refractivity contribution is 6.33. The summed E-state index contributed by atoms with van der Waals surface area (Å²) in [5.74, 6) is -0.990. The highest BCUT2D eigenvalue weighted by atomic mass is 35.5. The number of amides is 1. The zero-order valence-electron chi connectivity index (χ0n) is 14.0. The lowest BCUT2D eigenvalue weighted by molar-refractivity contribution is -0.116. The zero-order valence-corrected chi connectivity index (χ0v) is 14.7. The first-order valence-corrected chi connectivity index (χ1v) is 8.06. The van der Waals surface area contributed by atoms with E-state index in [1.165, 1.54) is 25.3 Å². The van der Waals surface area contributed by atoms with Crippen LogP contribution in [0.15, 0.2) is 42.5 Å². The molecule has 25 heavy (non-hydrogen) atoms. The van der Waals surface area contributed by atoms with E-state index in [0.717, 1.165) is 5.56 Å². The van der Waals surface area contributed by atoms with E-state index < -0.39 is 5.97 Å². The summed E-state index contributed by atoms with van der Waals surface area (Å²) in [5.41, 5.74) is 2.22. The number of carbonyl (C=O) groups is 3. The first kappa shape index (κ1) is 18.7. The van der Waals surface area contributed by atoms with E-state index in [2.05, 4.69) is 10.1 Å². The Hall–Kier alpha value is -2.66. The molecular weight excluding hydrogens is 342 g/mol. The van der Waals surface area contributed by atoms with Crippen molar-refractivity contribution in [3.8, 4) is 0 Å². The van der Waals surface area contributed by atoms with Gasteiger partial charge in [-0.15, -0.1) is 0 Å². The first-order valence-electron chi connectivity index (χ1n) is 7.68. The van der Waals surface area contributed by atoms with Crippen LogP contribution < -0.4 is 5.32 Å². The second-order valence-corrected chi connectivity index (χ2v) is 5.93. The summed E-state index contributed by atoms with van der Waals surface area (Å²) in [6.45, 7) is 1.94. The van der Waals surface area contributed by atoms with Crippen LogP contribution in [0.1, 0.15) is 39.1 Å². The Kier molecular flexibility index (Phi) is 6.31. The number of halogens is 1. The molecule has 0 bridgehead atoms. The maximum absolute atomic E-state index is 12.1. The highest BCUT2D eigenvalue weighted by Gasteiger charge is 2.13. The largest absolute Gasteiger partial charge is 0.465 e. The minimum absolute atomic E-state index is 0.0193. The summed E-state index contributed by atoms with van der Waals surface area (Å²) < 4.78 is 4.63. The van der Waals surface area contributed by atoms with E-state index in [0.29, 0.717) is 16.3 Å². The standard InChI is InChI=1S/C19H18ClNO4/c1-12-3-5-13(6-4-12)17(22)9-10-18(23)21-16-11-14(19(24)25-2)7-8-15(16)20/h3-8,11H,9-10H2,1-2H3,(H,21,23). The number of hydrogen-bond acceptors (Lipinski definition) is 4. The van der Waals surface area contributed by atoms with Crippen LogP contribution in [0.3, 0.4) is 0 Å². The lowest BCUT2D eigenvalue weighted by Crippen LogP contribution is -2.14. The van der Waals surface area contributed by atoms with E-state index in [1.807, 2.05) is 19.1 Å². The second kappa shape index (κ2) is 8.44. The van der Waals surface area contributed by atoms with Crippen molar-refractivity contribution in [2.45, 2.75) is 19.8 Å². The fourth-order valence-corrected chi connectivity index (χ4v) is 2.35. The molecule has 0 saturated carbocycles. The van der Waals surface area contributed by atoms with Crippen LogP contribution in [-0.4, -0.2) is 24.8 Å². The van der Waals surface area contributed by atoms with Gasteiger partial charge in [-0.2, -0.15) is 0 Å². The lowest BCUT2D eigenvalue weighted by Gasteiger charge is -2.09. The van der Waals surface area contributed by atoms with Gasteiger partial charge in [0.25, 0.3) is 0 Å². The summed E-state index contributed by atoms with van der Waals surface area (Å²) in [7, 11) is 1.27. The monoisotopic (exact) mass is 359 g/mol. The summed E-state index contributed by atoms with van der Waals surface area (Å²) in [4.78, 5) is 35.7. The molecule has 0 unspecified atom stereocenters. The fourth-order valence-electron chi connectivity index (χ4n) is 2.19. The predicted molar refractivity (Wildman–Crippen MR) is 96.2 cm³/mol. The third-order valence-electron chi connectivity index (χ3n) is 3.61. The maximum atomic E-state index is 12.1.